The Morgan fingerprint density at radius 3 is 2.11 bits per heavy atom. The number of thiophene rings is 1. The number of carbonyl (C=O) groups excluding carboxylic acids is 1. The van der Waals surface area contributed by atoms with Crippen LogP contribution in [-0.2, 0) is 0 Å². The number of thioether (sulfide) groups is 4. The minimum atomic E-state index is 0.791. The van der Waals surface area contributed by atoms with E-state index in [2.05, 4.69) is 19.9 Å². The maximum absolute atomic E-state index is 10.7. The summed E-state index contributed by atoms with van der Waals surface area (Å²) in [6, 6.07) is 3.89. The third-order valence-corrected chi connectivity index (χ3v) is 8.24. The maximum Gasteiger partial charge on any atom is 0.160 e. The lowest BCUT2D eigenvalue weighted by molar-refractivity contribution is 0.112. The molecule has 1 aliphatic rings. The van der Waals surface area contributed by atoms with E-state index < -0.39 is 0 Å². The molecule has 0 aromatic carbocycles. The van der Waals surface area contributed by atoms with Crippen LogP contribution in [0.5, 0.6) is 0 Å². The fraction of sp³-hybridized carbons (Fsp3) is 0.308. The van der Waals surface area contributed by atoms with Crippen molar-refractivity contribution in [3.63, 3.8) is 0 Å². The van der Waals surface area contributed by atoms with Crippen molar-refractivity contribution in [2.45, 2.75) is 13.8 Å². The summed E-state index contributed by atoms with van der Waals surface area (Å²) in [6.07, 6.45) is 3.10. The van der Waals surface area contributed by atoms with E-state index in [0.29, 0.717) is 0 Å². The van der Waals surface area contributed by atoms with Crippen molar-refractivity contribution in [2.75, 3.05) is 11.5 Å². The fourth-order valence-corrected chi connectivity index (χ4v) is 7.90. The number of carbonyl (C=O) groups is 1. The molecule has 0 saturated carbocycles. The van der Waals surface area contributed by atoms with Gasteiger partial charge in [0.15, 0.2) is 6.29 Å². The lowest BCUT2D eigenvalue weighted by atomic mass is 10.4. The lowest BCUT2D eigenvalue weighted by Gasteiger charge is -1.99. The van der Waals surface area contributed by atoms with E-state index in [4.69, 9.17) is 0 Å². The van der Waals surface area contributed by atoms with Gasteiger partial charge in [-0.2, -0.15) is 0 Å². The molecule has 0 N–H and O–H groups in total. The van der Waals surface area contributed by atoms with Gasteiger partial charge in [-0.05, 0) is 29.7 Å². The summed E-state index contributed by atoms with van der Waals surface area (Å²) in [4.78, 5) is 12.6. The normalized spacial score (nSPS) is 15.2. The molecule has 0 saturated heterocycles. The van der Waals surface area contributed by atoms with Gasteiger partial charge in [-0.15, -0.1) is 34.9 Å². The minimum Gasteiger partial charge on any atom is -0.297 e. The molecule has 1 aliphatic heterocycles. The van der Waals surface area contributed by atoms with Crippen molar-refractivity contribution in [1.82, 2.24) is 0 Å². The van der Waals surface area contributed by atoms with Gasteiger partial charge in [0.25, 0.3) is 0 Å². The molecule has 1 aromatic rings. The second kappa shape index (κ2) is 7.88. The van der Waals surface area contributed by atoms with Gasteiger partial charge in [0.2, 0.25) is 0 Å². The highest BCUT2D eigenvalue weighted by molar-refractivity contribution is 8.40. The molecule has 1 nitrogen and oxygen atoms in total. The summed E-state index contributed by atoms with van der Waals surface area (Å²) in [5, 5.41) is 0. The third kappa shape index (κ3) is 4.36. The van der Waals surface area contributed by atoms with E-state index in [-0.39, 0.29) is 0 Å². The lowest BCUT2D eigenvalue weighted by Crippen LogP contribution is -1.72. The van der Waals surface area contributed by atoms with Crippen molar-refractivity contribution in [1.29, 1.82) is 0 Å². The van der Waals surface area contributed by atoms with Crippen molar-refractivity contribution in [2.24, 2.45) is 0 Å². The zero-order valence-corrected chi connectivity index (χ0v) is 14.8. The van der Waals surface area contributed by atoms with Crippen LogP contribution in [0.25, 0.3) is 6.08 Å². The number of hydrogen-bond donors (Lipinski definition) is 0. The Morgan fingerprint density at radius 2 is 1.63 bits per heavy atom. The molecule has 0 bridgehead atoms. The summed E-state index contributed by atoms with van der Waals surface area (Å²) < 4.78 is 4.17. The van der Waals surface area contributed by atoms with Crippen LogP contribution >= 0.6 is 58.4 Å². The minimum absolute atomic E-state index is 0.791. The second-order valence-corrected chi connectivity index (χ2v) is 10.0. The molecule has 0 aliphatic carbocycles. The molecule has 0 radical (unpaired) electrons. The molecular weight excluding hydrogens is 332 g/mol. The standard InChI is InChI=1S/C13H14OS5/c1-3-15-12-13(16-4-2)19-11(18-12)7-9-5-6-10(8-14)17-9/h5-8H,3-4H2,1-2H3. The molecule has 0 fully saturated rings. The van der Waals surface area contributed by atoms with Gasteiger partial charge < -0.3 is 0 Å². The summed E-state index contributed by atoms with van der Waals surface area (Å²) in [5.74, 6) is 2.22. The van der Waals surface area contributed by atoms with Crippen molar-refractivity contribution < 1.29 is 4.79 Å². The maximum atomic E-state index is 10.7. The van der Waals surface area contributed by atoms with Crippen LogP contribution in [-0.4, -0.2) is 17.8 Å². The highest BCUT2D eigenvalue weighted by atomic mass is 32.3. The van der Waals surface area contributed by atoms with Crippen LogP contribution in [0.3, 0.4) is 0 Å². The summed E-state index contributed by atoms with van der Waals surface area (Å²) in [7, 11) is 0. The molecule has 0 unspecified atom stereocenters. The van der Waals surface area contributed by atoms with Crippen LogP contribution in [0.4, 0.5) is 0 Å². The molecule has 6 heteroatoms. The van der Waals surface area contributed by atoms with E-state index in [0.717, 1.165) is 27.5 Å². The molecule has 2 heterocycles. The molecule has 102 valence electrons. The molecule has 19 heavy (non-hydrogen) atoms. The highest BCUT2D eigenvalue weighted by Crippen LogP contribution is 2.57. The monoisotopic (exact) mass is 346 g/mol. The van der Waals surface area contributed by atoms with Gasteiger partial charge in [0.05, 0.1) is 17.6 Å². The molecule has 1 aromatic heterocycles. The summed E-state index contributed by atoms with van der Waals surface area (Å²) in [5.41, 5.74) is 0. The van der Waals surface area contributed by atoms with E-state index in [1.54, 1.807) is 11.3 Å². The quantitative estimate of drug-likeness (QED) is 0.588. The van der Waals surface area contributed by atoms with Gasteiger partial charge >= 0.3 is 0 Å². The van der Waals surface area contributed by atoms with E-state index in [9.17, 15) is 4.79 Å². The number of hydrogen-bond acceptors (Lipinski definition) is 6. The Kier molecular flexibility index (Phi) is 6.49. The molecule has 0 spiro atoms. The summed E-state index contributed by atoms with van der Waals surface area (Å²) in [6.45, 7) is 4.38. The largest absolute Gasteiger partial charge is 0.297 e. The molecule has 0 amide bonds. The predicted octanol–water partition coefficient (Wildman–Crippen LogP) is 5.97. The number of aldehydes is 1. The van der Waals surface area contributed by atoms with E-state index in [1.165, 1.54) is 12.7 Å². The van der Waals surface area contributed by atoms with E-state index in [1.807, 2.05) is 59.2 Å². The van der Waals surface area contributed by atoms with E-state index >= 15 is 0 Å². The second-order valence-electron chi connectivity index (χ2n) is 3.47. The third-order valence-electron chi connectivity index (χ3n) is 2.13. The Bertz CT molecular complexity index is 495. The zero-order valence-electron chi connectivity index (χ0n) is 10.7. The highest BCUT2D eigenvalue weighted by Gasteiger charge is 2.21. The first kappa shape index (κ1) is 15.6. The van der Waals surface area contributed by atoms with Crippen molar-refractivity contribution >= 4 is 70.7 Å². The Balaban J connectivity index is 2.10. The van der Waals surface area contributed by atoms with Crippen molar-refractivity contribution in [3.8, 4) is 0 Å². The number of rotatable bonds is 6. The van der Waals surface area contributed by atoms with Gasteiger partial charge in [-0.3, -0.25) is 4.79 Å². The molecule has 0 atom stereocenters. The van der Waals surface area contributed by atoms with Gasteiger partial charge in [0, 0.05) is 4.88 Å². The smallest absolute Gasteiger partial charge is 0.160 e. The van der Waals surface area contributed by atoms with Gasteiger partial charge in [-0.1, -0.05) is 37.4 Å². The van der Waals surface area contributed by atoms with Crippen LogP contribution < -0.4 is 0 Å². The van der Waals surface area contributed by atoms with Gasteiger partial charge in [-0.25, -0.2) is 0 Å². The van der Waals surface area contributed by atoms with Crippen LogP contribution in [0.15, 0.2) is 24.8 Å². The van der Waals surface area contributed by atoms with Crippen LogP contribution in [0.2, 0.25) is 0 Å². The van der Waals surface area contributed by atoms with Crippen molar-refractivity contribution in [3.05, 3.63) is 34.6 Å². The SMILES string of the molecule is CCSC1=C(SCC)SC(=Cc2ccc(C=O)s2)S1. The van der Waals surface area contributed by atoms with Gasteiger partial charge in [0.1, 0.15) is 0 Å². The summed E-state index contributed by atoms with van der Waals surface area (Å²) >= 11 is 9.10. The molecular formula is C13H14OS5. The zero-order chi connectivity index (χ0) is 13.7. The Morgan fingerprint density at radius 1 is 1.05 bits per heavy atom. The van der Waals surface area contributed by atoms with Crippen LogP contribution in [0.1, 0.15) is 28.4 Å². The van der Waals surface area contributed by atoms with Crippen LogP contribution in [0, 0.1) is 0 Å². The average molecular weight is 347 g/mol. The first-order valence-electron chi connectivity index (χ1n) is 5.89. The molecule has 2 rings (SSSR count). The average Bonchev–Trinajstić information content (AvgIpc) is 2.99. The Hall–Kier alpha value is 0.250. The first-order valence-corrected chi connectivity index (χ1v) is 10.3. The topological polar surface area (TPSA) is 17.1 Å². The fourth-order valence-electron chi connectivity index (χ4n) is 1.41. The Labute approximate surface area is 135 Å². The predicted molar refractivity (Wildman–Crippen MR) is 96.2 cm³/mol. The first-order chi connectivity index (χ1) is 9.26.